The Bertz CT molecular complexity index is 1740. The zero-order valence-corrected chi connectivity index (χ0v) is 58.5. The SMILES string of the molecule is CCCCCCCCCCCC=CC1=C(c2cc(CCCCCC)cc(CCCCCC)c2)[N+](=[N-])C(c2cc(CCCCCC)cc(CCCCCC)c2)=C1.[CH2-]CCCCCCCCCCCCC.[CH2-]CCCCCCCCCCCCC.[Ni+2]. The summed E-state index contributed by atoms with van der Waals surface area (Å²) in [5, 5.41) is 0. The largest absolute Gasteiger partial charge is 2.00 e. The maximum Gasteiger partial charge on any atom is 2.00 e. The molecule has 0 spiro atoms. The molecule has 1 heterocycles. The molecule has 1 aliphatic heterocycles. The summed E-state index contributed by atoms with van der Waals surface area (Å²) in [6.45, 7) is 23.8. The average Bonchev–Trinajstić information content (AvgIpc) is 2.56. The van der Waals surface area contributed by atoms with Crippen molar-refractivity contribution in [2.45, 2.75) is 395 Å². The third kappa shape index (κ3) is 45.1. The molecule has 0 saturated heterocycles. The van der Waals surface area contributed by atoms with Crippen molar-refractivity contribution < 1.29 is 21.2 Å². The van der Waals surface area contributed by atoms with E-state index in [1.54, 1.807) is 4.70 Å². The van der Waals surface area contributed by atoms with E-state index in [-0.39, 0.29) is 16.5 Å². The first-order valence-electron chi connectivity index (χ1n) is 37.3. The molecule has 2 nitrogen and oxygen atoms in total. The van der Waals surface area contributed by atoms with Gasteiger partial charge in [-0.05, 0) is 111 Å². The molecule has 0 aliphatic carbocycles. The third-order valence-corrected chi connectivity index (χ3v) is 17.4. The van der Waals surface area contributed by atoms with Gasteiger partial charge in [0.25, 0.3) is 0 Å². The fourth-order valence-electron chi connectivity index (χ4n) is 12.0. The van der Waals surface area contributed by atoms with Crippen LogP contribution in [0, 0.1) is 13.8 Å². The maximum atomic E-state index is 12.3. The molecule has 0 fully saturated rings. The fourth-order valence-corrected chi connectivity index (χ4v) is 12.0. The Morgan fingerprint density at radius 3 is 0.857 bits per heavy atom. The number of nitrogens with zero attached hydrogens (tertiary/aromatic N) is 2. The Balaban J connectivity index is 0.00000194. The minimum atomic E-state index is 0. The van der Waals surface area contributed by atoms with Gasteiger partial charge in [0, 0.05) is 17.2 Å². The summed E-state index contributed by atoms with van der Waals surface area (Å²) in [7, 11) is 0. The Labute approximate surface area is 537 Å². The quantitative estimate of drug-likeness (QED) is 0.0273. The summed E-state index contributed by atoms with van der Waals surface area (Å²) in [6, 6.07) is 14.5. The maximum absolute atomic E-state index is 12.3. The first-order valence-corrected chi connectivity index (χ1v) is 37.3. The predicted octanol–water partition coefficient (Wildman–Crippen LogP) is 28.5. The standard InChI is InChI=1S/C53H84N2.2C14H29.Ni/c1-6-11-16-21-22-23-24-25-26-27-32-37-49-44-52(50-40-45(33-28-17-12-7-2)38-46(41-50)34-29-18-13-8-3)55(54)53(49)51-42-47(35-30-19-14-9-4)39-48(43-51)36-31-20-15-10-5;2*1-3-5-7-9-11-13-14-12-10-8-6-4-2;/h32,37-44H,6-31,33-36H2,1-5H3;2*1,3-14H2,2H3;/q;2*-1;+2. The van der Waals surface area contributed by atoms with E-state index in [0.29, 0.717) is 0 Å². The van der Waals surface area contributed by atoms with Crippen molar-refractivity contribution >= 4 is 11.4 Å². The van der Waals surface area contributed by atoms with E-state index in [1.807, 2.05) is 0 Å². The second-order valence-corrected chi connectivity index (χ2v) is 25.8. The molecule has 486 valence electrons. The van der Waals surface area contributed by atoms with Crippen molar-refractivity contribution in [3.05, 3.63) is 113 Å². The summed E-state index contributed by atoms with van der Waals surface area (Å²) >= 11 is 0. The number of hydrogen-bond donors (Lipinski definition) is 0. The van der Waals surface area contributed by atoms with E-state index in [4.69, 9.17) is 0 Å². The van der Waals surface area contributed by atoms with Crippen LogP contribution in [0.1, 0.15) is 403 Å². The van der Waals surface area contributed by atoms with Gasteiger partial charge in [0.15, 0.2) is 0 Å². The van der Waals surface area contributed by atoms with Gasteiger partial charge in [-0.15, -0.1) is 0 Å². The molecule has 0 atom stereocenters. The Hall–Kier alpha value is -2.25. The molecule has 0 unspecified atom stereocenters. The van der Waals surface area contributed by atoms with Gasteiger partial charge in [-0.1, -0.05) is 342 Å². The first kappa shape index (κ1) is 81.8. The predicted molar refractivity (Wildman–Crippen MR) is 377 cm³/mol. The first-order chi connectivity index (χ1) is 40.9. The van der Waals surface area contributed by atoms with Gasteiger partial charge < -0.3 is 19.4 Å². The van der Waals surface area contributed by atoms with Gasteiger partial charge in [-0.2, -0.15) is 12.8 Å². The van der Waals surface area contributed by atoms with Gasteiger partial charge in [0.05, 0.1) is 5.57 Å². The molecular weight excluding hydrogens is 1060 g/mol. The van der Waals surface area contributed by atoms with E-state index in [1.165, 1.54) is 330 Å². The van der Waals surface area contributed by atoms with Gasteiger partial charge >= 0.3 is 16.5 Å². The van der Waals surface area contributed by atoms with Crippen LogP contribution >= 0.6 is 0 Å². The molecule has 1 aliphatic rings. The van der Waals surface area contributed by atoms with E-state index in [9.17, 15) is 5.53 Å². The van der Waals surface area contributed by atoms with Gasteiger partial charge in [0.2, 0.25) is 11.4 Å². The zero-order valence-electron chi connectivity index (χ0n) is 57.5. The summed E-state index contributed by atoms with van der Waals surface area (Å²) in [6.07, 6.45) is 78.8. The van der Waals surface area contributed by atoms with Crippen LogP contribution in [0.3, 0.4) is 0 Å². The van der Waals surface area contributed by atoms with Crippen LogP contribution in [0.5, 0.6) is 0 Å². The van der Waals surface area contributed by atoms with Crippen molar-refractivity contribution in [3.8, 4) is 0 Å². The molecule has 0 N–H and O–H groups in total. The van der Waals surface area contributed by atoms with E-state index in [2.05, 4.69) is 117 Å². The summed E-state index contributed by atoms with van der Waals surface area (Å²) in [4.78, 5) is 0. The Kier molecular flexibility index (Phi) is 60.7. The van der Waals surface area contributed by atoms with Crippen LogP contribution in [0.25, 0.3) is 16.9 Å². The van der Waals surface area contributed by atoms with E-state index < -0.39 is 0 Å². The van der Waals surface area contributed by atoms with Gasteiger partial charge in [-0.25, -0.2) is 4.70 Å². The second-order valence-electron chi connectivity index (χ2n) is 25.8. The molecule has 0 aromatic heterocycles. The Morgan fingerprint density at radius 1 is 0.321 bits per heavy atom. The molecule has 3 rings (SSSR count). The van der Waals surface area contributed by atoms with Gasteiger partial charge in [-0.3, -0.25) is 0 Å². The molecule has 84 heavy (non-hydrogen) atoms. The summed E-state index contributed by atoms with van der Waals surface area (Å²) in [5.74, 6) is 0. The molecule has 3 heteroatoms. The van der Waals surface area contributed by atoms with Crippen molar-refractivity contribution in [2.75, 3.05) is 0 Å². The number of allylic oxidation sites excluding steroid dienone is 4. The Morgan fingerprint density at radius 2 is 0.571 bits per heavy atom. The van der Waals surface area contributed by atoms with Gasteiger partial charge in [0.1, 0.15) is 0 Å². The molecule has 2 aromatic carbocycles. The fraction of sp³-hybridized carbons (Fsp3) is 0.753. The molecular formula is C81H142N2Ni. The number of benzene rings is 2. The minimum absolute atomic E-state index is 0. The average molecular weight is 1200 g/mol. The number of rotatable bonds is 55. The monoisotopic (exact) mass is 1200 g/mol. The normalized spacial score (nSPS) is 12.2. The number of hydrogen-bond acceptors (Lipinski definition) is 0. The van der Waals surface area contributed by atoms with Crippen molar-refractivity contribution in [2.24, 2.45) is 0 Å². The number of unbranched alkanes of at least 4 members (excludes halogenated alkanes) is 43. The molecule has 0 bridgehead atoms. The molecule has 0 amide bonds. The second kappa shape index (κ2) is 62.4. The van der Waals surface area contributed by atoms with Crippen LogP contribution in [0.15, 0.2) is 60.2 Å². The van der Waals surface area contributed by atoms with Crippen LogP contribution in [0.2, 0.25) is 0 Å². The molecule has 0 saturated carbocycles. The minimum Gasteiger partial charge on any atom is -0.493 e. The summed E-state index contributed by atoms with van der Waals surface area (Å²) in [5.41, 5.74) is 23.4. The van der Waals surface area contributed by atoms with Crippen LogP contribution in [-0.2, 0) is 42.2 Å². The van der Waals surface area contributed by atoms with Crippen LogP contribution in [0.4, 0.5) is 0 Å². The smallest absolute Gasteiger partial charge is 0.493 e. The van der Waals surface area contributed by atoms with E-state index >= 15 is 0 Å². The third-order valence-electron chi connectivity index (χ3n) is 17.4. The number of aryl methyl sites for hydroxylation is 4. The zero-order chi connectivity index (χ0) is 60.3. The summed E-state index contributed by atoms with van der Waals surface area (Å²) < 4.78 is 1.56. The van der Waals surface area contributed by atoms with Crippen LogP contribution in [-0.4, -0.2) is 4.70 Å². The topological polar surface area (TPSA) is 25.3 Å². The molecule has 2 aromatic rings. The molecule has 0 radical (unpaired) electrons. The van der Waals surface area contributed by atoms with Crippen molar-refractivity contribution in [1.82, 2.24) is 0 Å². The van der Waals surface area contributed by atoms with E-state index in [0.717, 1.165) is 67.5 Å². The van der Waals surface area contributed by atoms with Crippen LogP contribution < -0.4 is 0 Å². The van der Waals surface area contributed by atoms with Crippen molar-refractivity contribution in [3.63, 3.8) is 0 Å². The van der Waals surface area contributed by atoms with Crippen molar-refractivity contribution in [1.29, 1.82) is 0 Å².